The van der Waals surface area contributed by atoms with Crippen molar-refractivity contribution in [3.05, 3.63) is 22.8 Å². The van der Waals surface area contributed by atoms with Gasteiger partial charge >= 0.3 is 0 Å². The predicted molar refractivity (Wildman–Crippen MR) is 130 cm³/mol. The van der Waals surface area contributed by atoms with E-state index in [9.17, 15) is 5.11 Å². The first kappa shape index (κ1) is 22.2. The van der Waals surface area contributed by atoms with E-state index in [2.05, 4.69) is 45.6 Å². The van der Waals surface area contributed by atoms with Crippen molar-refractivity contribution in [3.63, 3.8) is 0 Å². The van der Waals surface area contributed by atoms with Gasteiger partial charge < -0.3 is 10.0 Å². The molecule has 0 aromatic heterocycles. The second-order valence-electron chi connectivity index (χ2n) is 13.1. The van der Waals surface area contributed by atoms with Crippen LogP contribution in [-0.4, -0.2) is 35.7 Å². The smallest absolute Gasteiger partial charge is 0.0594 e. The summed E-state index contributed by atoms with van der Waals surface area (Å²) in [5.74, 6) is 2.23. The monoisotopic (exact) mass is 425 g/mol. The van der Waals surface area contributed by atoms with Crippen LogP contribution in [0.4, 0.5) is 0 Å². The van der Waals surface area contributed by atoms with Crippen molar-refractivity contribution in [2.75, 3.05) is 19.6 Å². The van der Waals surface area contributed by atoms with Crippen LogP contribution in [-0.2, 0) is 0 Å². The van der Waals surface area contributed by atoms with Crippen molar-refractivity contribution in [1.82, 2.24) is 4.90 Å². The highest BCUT2D eigenvalue weighted by molar-refractivity contribution is 5.49. The summed E-state index contributed by atoms with van der Waals surface area (Å²) in [5, 5.41) is 10.8. The number of nitrogens with zero attached hydrogens (tertiary/aromatic N) is 1. The lowest BCUT2D eigenvalue weighted by atomic mass is 9.46. The van der Waals surface area contributed by atoms with Crippen LogP contribution in [0.15, 0.2) is 22.8 Å². The maximum absolute atomic E-state index is 10.8. The van der Waals surface area contributed by atoms with E-state index < -0.39 is 0 Å². The molecule has 5 rings (SSSR count). The first-order chi connectivity index (χ1) is 14.7. The maximum Gasteiger partial charge on any atom is 0.0594 e. The molecule has 0 amide bonds. The Morgan fingerprint density at radius 1 is 1.00 bits per heavy atom. The van der Waals surface area contributed by atoms with E-state index in [1.807, 2.05) is 0 Å². The van der Waals surface area contributed by atoms with Crippen LogP contribution >= 0.6 is 0 Å². The summed E-state index contributed by atoms with van der Waals surface area (Å²) in [6, 6.07) is 0. The summed E-state index contributed by atoms with van der Waals surface area (Å²) in [6.45, 7) is 16.4. The summed E-state index contributed by atoms with van der Waals surface area (Å²) < 4.78 is 0. The predicted octanol–water partition coefficient (Wildman–Crippen LogP) is 6.75. The molecule has 0 spiro atoms. The quantitative estimate of drug-likeness (QED) is 0.540. The number of rotatable bonds is 3. The molecule has 0 aromatic rings. The van der Waals surface area contributed by atoms with Gasteiger partial charge in [0.05, 0.1) is 6.10 Å². The van der Waals surface area contributed by atoms with E-state index in [-0.39, 0.29) is 11.5 Å². The third kappa shape index (κ3) is 3.33. The summed E-state index contributed by atoms with van der Waals surface area (Å²) in [4.78, 5) is 2.75. The van der Waals surface area contributed by atoms with E-state index in [0.29, 0.717) is 16.7 Å². The lowest BCUT2D eigenvalue weighted by Gasteiger charge is -2.59. The first-order valence-corrected chi connectivity index (χ1v) is 13.5. The number of allylic oxidation sites excluding steroid dienone is 4. The van der Waals surface area contributed by atoms with Crippen LogP contribution in [0.3, 0.4) is 0 Å². The molecule has 0 bridgehead atoms. The lowest BCUT2D eigenvalue weighted by molar-refractivity contribution is -0.0905. The molecule has 1 N–H and O–H groups in total. The molecule has 0 radical (unpaired) electrons. The topological polar surface area (TPSA) is 23.5 Å². The molecule has 5 aliphatic rings. The molecule has 2 fully saturated rings. The van der Waals surface area contributed by atoms with Crippen LogP contribution in [0.2, 0.25) is 0 Å². The summed E-state index contributed by atoms with van der Waals surface area (Å²) in [6.07, 6.45) is 15.4. The average Bonchev–Trinajstić information content (AvgIpc) is 3.09. The molecule has 31 heavy (non-hydrogen) atoms. The minimum atomic E-state index is -0.132. The van der Waals surface area contributed by atoms with Crippen molar-refractivity contribution >= 4 is 0 Å². The third-order valence-electron chi connectivity index (χ3n) is 11.1. The van der Waals surface area contributed by atoms with Gasteiger partial charge in [-0.1, -0.05) is 52.7 Å². The van der Waals surface area contributed by atoms with Gasteiger partial charge in [0, 0.05) is 6.54 Å². The Hall–Kier alpha value is -0.600. The molecule has 1 heterocycles. The molecule has 2 heteroatoms. The fraction of sp³-hybridized carbons (Fsp3) is 0.862. The van der Waals surface area contributed by atoms with Crippen LogP contribution < -0.4 is 0 Å². The van der Waals surface area contributed by atoms with Gasteiger partial charge in [0.15, 0.2) is 0 Å². The van der Waals surface area contributed by atoms with Crippen LogP contribution in [0.5, 0.6) is 0 Å². The zero-order valence-corrected chi connectivity index (χ0v) is 21.0. The molecule has 1 aliphatic heterocycles. The highest BCUT2D eigenvalue weighted by Gasteiger charge is 2.57. The fourth-order valence-electron chi connectivity index (χ4n) is 9.25. The minimum absolute atomic E-state index is 0.0435. The summed E-state index contributed by atoms with van der Waals surface area (Å²) >= 11 is 0. The van der Waals surface area contributed by atoms with Crippen LogP contribution in [0, 0.1) is 34.0 Å². The standard InChI is InChI=1S/C29H47NO/c1-20(19-30-17-7-6-8-18-30)22-10-11-23-21-9-12-25-27(2,3)26(31)14-16-29(25,5)24(21)13-15-28(22,23)4/h11,20,22,25-26,31H,6-10,12-19H2,1-5H3/t20-,22-,25?,26?,28-,29-/m1/s1. The van der Waals surface area contributed by atoms with E-state index >= 15 is 0 Å². The van der Waals surface area contributed by atoms with E-state index in [4.69, 9.17) is 0 Å². The Kier molecular flexibility index (Phi) is 5.53. The second kappa shape index (κ2) is 7.73. The van der Waals surface area contributed by atoms with Crippen molar-refractivity contribution in [1.29, 1.82) is 0 Å². The number of piperidine rings is 1. The number of likely N-dealkylation sites (tertiary alicyclic amines) is 1. The average molecular weight is 426 g/mol. The zero-order valence-electron chi connectivity index (χ0n) is 21.0. The van der Waals surface area contributed by atoms with Crippen LogP contribution in [0.1, 0.15) is 98.8 Å². The Morgan fingerprint density at radius 2 is 1.74 bits per heavy atom. The van der Waals surface area contributed by atoms with Gasteiger partial charge in [-0.3, -0.25) is 0 Å². The number of aliphatic hydroxyl groups is 1. The third-order valence-corrected chi connectivity index (χ3v) is 11.1. The largest absolute Gasteiger partial charge is 0.393 e. The van der Waals surface area contributed by atoms with Gasteiger partial charge in [0.25, 0.3) is 0 Å². The van der Waals surface area contributed by atoms with Crippen molar-refractivity contribution < 1.29 is 5.11 Å². The number of hydrogen-bond acceptors (Lipinski definition) is 2. The van der Waals surface area contributed by atoms with Gasteiger partial charge in [-0.2, -0.15) is 0 Å². The Morgan fingerprint density at radius 3 is 2.48 bits per heavy atom. The molecule has 2 nitrogen and oxygen atoms in total. The molecule has 174 valence electrons. The van der Waals surface area contributed by atoms with Crippen molar-refractivity contribution in [2.45, 2.75) is 105 Å². The molecule has 1 saturated heterocycles. The van der Waals surface area contributed by atoms with Gasteiger partial charge in [-0.15, -0.1) is 0 Å². The van der Waals surface area contributed by atoms with Crippen molar-refractivity contribution in [2.24, 2.45) is 34.0 Å². The molecular formula is C29H47NO. The summed E-state index contributed by atoms with van der Waals surface area (Å²) in [7, 11) is 0. The molecule has 1 saturated carbocycles. The van der Waals surface area contributed by atoms with E-state index in [0.717, 1.165) is 18.3 Å². The number of hydrogen-bond donors (Lipinski definition) is 1. The normalized spacial score (nSPS) is 43.7. The molecule has 6 atom stereocenters. The second-order valence-corrected chi connectivity index (χ2v) is 13.1. The van der Waals surface area contributed by atoms with Gasteiger partial charge in [0.1, 0.15) is 0 Å². The molecule has 0 aromatic carbocycles. The van der Waals surface area contributed by atoms with E-state index in [1.165, 1.54) is 77.4 Å². The Bertz CT molecular complexity index is 772. The van der Waals surface area contributed by atoms with Gasteiger partial charge in [-0.25, -0.2) is 0 Å². The van der Waals surface area contributed by atoms with Crippen LogP contribution in [0.25, 0.3) is 0 Å². The Balaban J connectivity index is 1.40. The number of aliphatic hydroxyl groups excluding tert-OH is 1. The Labute approximate surface area is 191 Å². The highest BCUT2D eigenvalue weighted by Crippen LogP contribution is 2.66. The fourth-order valence-corrected chi connectivity index (χ4v) is 9.25. The summed E-state index contributed by atoms with van der Waals surface area (Å²) in [5.41, 5.74) is 6.07. The molecule has 4 aliphatic carbocycles. The highest BCUT2D eigenvalue weighted by atomic mass is 16.3. The molecule has 2 unspecified atom stereocenters. The minimum Gasteiger partial charge on any atom is -0.393 e. The van der Waals surface area contributed by atoms with Crippen molar-refractivity contribution in [3.8, 4) is 0 Å². The zero-order chi connectivity index (χ0) is 22.0. The van der Waals surface area contributed by atoms with Gasteiger partial charge in [0.2, 0.25) is 0 Å². The van der Waals surface area contributed by atoms with E-state index in [1.54, 1.807) is 16.7 Å². The number of fused-ring (bicyclic) bond motifs is 4. The van der Waals surface area contributed by atoms with Gasteiger partial charge in [-0.05, 0) is 116 Å². The lowest BCUT2D eigenvalue weighted by Crippen LogP contribution is -2.53. The maximum atomic E-state index is 10.8. The molecular weight excluding hydrogens is 378 g/mol. The SMILES string of the molecule is C[C@H](CN1CCCCC1)[C@H]1CC=C2C3=C(CC[C@@]21C)[C@@]1(C)CCC(O)C(C)(C)C1CC3. The first-order valence-electron chi connectivity index (χ1n) is 13.5.